The standard InChI is InChI=1S/C19H18N2O4/c1-11-6-5-7-13(8-11)18-14(21(23)24)10-15(25-4)19-17(18)12(2)9-16(22)20(19)3/h5-10H,1-4H3. The molecule has 0 N–H and O–H groups in total. The molecule has 0 spiro atoms. The molecule has 0 radical (unpaired) electrons. The van der Waals surface area contributed by atoms with Gasteiger partial charge in [0, 0.05) is 18.5 Å². The molecule has 0 saturated heterocycles. The van der Waals surface area contributed by atoms with Gasteiger partial charge in [0.2, 0.25) is 0 Å². The maximum Gasteiger partial charge on any atom is 0.281 e. The molecule has 0 unspecified atom stereocenters. The predicted molar refractivity (Wildman–Crippen MR) is 97.3 cm³/mol. The molecule has 2 aromatic carbocycles. The molecule has 25 heavy (non-hydrogen) atoms. The lowest BCUT2D eigenvalue weighted by molar-refractivity contribution is -0.384. The summed E-state index contributed by atoms with van der Waals surface area (Å²) in [6.45, 7) is 3.72. The van der Waals surface area contributed by atoms with E-state index < -0.39 is 4.92 Å². The minimum Gasteiger partial charge on any atom is -0.494 e. The van der Waals surface area contributed by atoms with Crippen molar-refractivity contribution in [3.8, 4) is 16.9 Å². The van der Waals surface area contributed by atoms with Crippen LogP contribution in [-0.2, 0) is 7.05 Å². The van der Waals surface area contributed by atoms with E-state index in [1.165, 1.54) is 23.8 Å². The number of hydrogen-bond acceptors (Lipinski definition) is 4. The molecule has 6 heteroatoms. The van der Waals surface area contributed by atoms with Crippen molar-refractivity contribution in [2.45, 2.75) is 13.8 Å². The van der Waals surface area contributed by atoms with Crippen LogP contribution in [0.15, 0.2) is 41.2 Å². The summed E-state index contributed by atoms with van der Waals surface area (Å²) >= 11 is 0. The first-order chi connectivity index (χ1) is 11.8. The van der Waals surface area contributed by atoms with Crippen LogP contribution in [0.4, 0.5) is 5.69 Å². The smallest absolute Gasteiger partial charge is 0.281 e. The molecule has 3 rings (SSSR count). The van der Waals surface area contributed by atoms with Crippen molar-refractivity contribution in [3.63, 3.8) is 0 Å². The molecule has 0 fully saturated rings. The fourth-order valence-electron chi connectivity index (χ4n) is 3.21. The van der Waals surface area contributed by atoms with Crippen molar-refractivity contribution in [1.82, 2.24) is 4.57 Å². The normalized spacial score (nSPS) is 10.9. The van der Waals surface area contributed by atoms with Gasteiger partial charge in [-0.15, -0.1) is 0 Å². The monoisotopic (exact) mass is 338 g/mol. The van der Waals surface area contributed by atoms with E-state index in [9.17, 15) is 14.9 Å². The van der Waals surface area contributed by atoms with Crippen molar-refractivity contribution in [2.75, 3.05) is 7.11 Å². The maximum absolute atomic E-state index is 12.2. The molecule has 0 aliphatic rings. The van der Waals surface area contributed by atoms with Crippen LogP contribution in [0.2, 0.25) is 0 Å². The molecule has 0 aliphatic carbocycles. The fourth-order valence-corrected chi connectivity index (χ4v) is 3.21. The maximum atomic E-state index is 12.2. The van der Waals surface area contributed by atoms with Crippen molar-refractivity contribution < 1.29 is 9.66 Å². The molecule has 3 aromatic rings. The van der Waals surface area contributed by atoms with Gasteiger partial charge < -0.3 is 9.30 Å². The Labute approximate surface area is 144 Å². The molecule has 6 nitrogen and oxygen atoms in total. The number of pyridine rings is 1. The van der Waals surface area contributed by atoms with E-state index in [0.717, 1.165) is 11.1 Å². The molecule has 1 heterocycles. The first-order valence-corrected chi connectivity index (χ1v) is 7.78. The van der Waals surface area contributed by atoms with Gasteiger partial charge in [-0.3, -0.25) is 14.9 Å². The van der Waals surface area contributed by atoms with Crippen molar-refractivity contribution in [3.05, 3.63) is 68.0 Å². The fraction of sp³-hybridized carbons (Fsp3) is 0.211. The number of nitrogens with zero attached hydrogens (tertiary/aromatic N) is 2. The minimum atomic E-state index is -0.413. The number of aryl methyl sites for hydroxylation is 3. The summed E-state index contributed by atoms with van der Waals surface area (Å²) in [7, 11) is 3.08. The number of hydrogen-bond donors (Lipinski definition) is 0. The highest BCUT2D eigenvalue weighted by molar-refractivity contribution is 6.04. The average Bonchev–Trinajstić information content (AvgIpc) is 2.57. The lowest BCUT2D eigenvalue weighted by atomic mass is 9.94. The van der Waals surface area contributed by atoms with Crippen LogP contribution in [0.3, 0.4) is 0 Å². The summed E-state index contributed by atoms with van der Waals surface area (Å²) < 4.78 is 6.82. The number of methoxy groups -OCH3 is 1. The summed E-state index contributed by atoms with van der Waals surface area (Å²) in [5.74, 6) is 0.307. The third kappa shape index (κ3) is 2.65. The highest BCUT2D eigenvalue weighted by Gasteiger charge is 2.25. The van der Waals surface area contributed by atoms with Gasteiger partial charge in [-0.1, -0.05) is 29.8 Å². The molecule has 1 aromatic heterocycles. The van der Waals surface area contributed by atoms with E-state index in [4.69, 9.17) is 4.74 Å². The lowest BCUT2D eigenvalue weighted by Crippen LogP contribution is -2.17. The van der Waals surface area contributed by atoms with E-state index in [2.05, 4.69) is 0 Å². The Kier molecular flexibility index (Phi) is 4.04. The van der Waals surface area contributed by atoms with Crippen LogP contribution in [-0.4, -0.2) is 16.6 Å². The molecule has 128 valence electrons. The van der Waals surface area contributed by atoms with Crippen LogP contribution in [0, 0.1) is 24.0 Å². The third-order valence-electron chi connectivity index (χ3n) is 4.37. The first kappa shape index (κ1) is 16.7. The van der Waals surface area contributed by atoms with Crippen LogP contribution in [0.1, 0.15) is 11.1 Å². The van der Waals surface area contributed by atoms with E-state index in [1.54, 1.807) is 14.0 Å². The third-order valence-corrected chi connectivity index (χ3v) is 4.37. The Balaban J connectivity index is 2.62. The van der Waals surface area contributed by atoms with Gasteiger partial charge >= 0.3 is 0 Å². The Hall–Kier alpha value is -3.15. The van der Waals surface area contributed by atoms with Gasteiger partial charge in [-0.25, -0.2) is 0 Å². The number of benzene rings is 2. The quantitative estimate of drug-likeness (QED) is 0.538. The van der Waals surface area contributed by atoms with Crippen molar-refractivity contribution >= 4 is 16.6 Å². The number of aromatic nitrogens is 1. The molecule has 0 bridgehead atoms. The van der Waals surface area contributed by atoms with Crippen LogP contribution in [0.5, 0.6) is 5.75 Å². The number of rotatable bonds is 3. The molecule has 0 atom stereocenters. The van der Waals surface area contributed by atoms with Crippen LogP contribution in [0.25, 0.3) is 22.0 Å². The lowest BCUT2D eigenvalue weighted by Gasteiger charge is -2.16. The van der Waals surface area contributed by atoms with Crippen molar-refractivity contribution in [1.29, 1.82) is 0 Å². The minimum absolute atomic E-state index is 0.0447. The number of nitro groups is 1. The van der Waals surface area contributed by atoms with E-state index in [0.29, 0.717) is 27.8 Å². The zero-order valence-corrected chi connectivity index (χ0v) is 14.5. The predicted octanol–water partition coefficient (Wildman–Crippen LogP) is 3.74. The summed E-state index contributed by atoms with van der Waals surface area (Å²) in [5, 5.41) is 12.4. The summed E-state index contributed by atoms with van der Waals surface area (Å²) in [4.78, 5) is 23.5. The second kappa shape index (κ2) is 6.05. The zero-order chi connectivity index (χ0) is 18.3. The number of ether oxygens (including phenoxy) is 1. The van der Waals surface area contributed by atoms with E-state index in [-0.39, 0.29) is 11.2 Å². The Morgan fingerprint density at radius 2 is 1.88 bits per heavy atom. The van der Waals surface area contributed by atoms with Crippen molar-refractivity contribution in [2.24, 2.45) is 7.05 Å². The highest BCUT2D eigenvalue weighted by atomic mass is 16.6. The zero-order valence-electron chi connectivity index (χ0n) is 14.5. The molecule has 0 amide bonds. The number of nitro benzene ring substituents is 1. The van der Waals surface area contributed by atoms with E-state index >= 15 is 0 Å². The molecular formula is C19H18N2O4. The summed E-state index contributed by atoms with van der Waals surface area (Å²) in [6, 6.07) is 10.4. The van der Waals surface area contributed by atoms with Gasteiger partial charge in [0.25, 0.3) is 11.2 Å². The SMILES string of the molecule is COc1cc([N+](=O)[O-])c(-c2cccc(C)c2)c2c(C)cc(=O)n(C)c12. The molecule has 0 aliphatic heterocycles. The summed E-state index contributed by atoms with van der Waals surface area (Å²) in [6.07, 6.45) is 0. The summed E-state index contributed by atoms with van der Waals surface area (Å²) in [5.41, 5.74) is 3.23. The highest BCUT2D eigenvalue weighted by Crippen LogP contribution is 2.42. The van der Waals surface area contributed by atoms with Crippen LogP contribution < -0.4 is 10.3 Å². The Bertz CT molecular complexity index is 1070. The van der Waals surface area contributed by atoms with Gasteiger partial charge in [-0.2, -0.15) is 0 Å². The second-order valence-corrected chi connectivity index (χ2v) is 6.05. The Morgan fingerprint density at radius 1 is 1.16 bits per heavy atom. The Morgan fingerprint density at radius 3 is 2.48 bits per heavy atom. The topological polar surface area (TPSA) is 74.4 Å². The van der Waals surface area contributed by atoms with Gasteiger partial charge in [0.05, 0.1) is 29.2 Å². The first-order valence-electron chi connectivity index (χ1n) is 7.78. The van der Waals surface area contributed by atoms with Gasteiger partial charge in [0.15, 0.2) is 0 Å². The van der Waals surface area contributed by atoms with E-state index in [1.807, 2.05) is 31.2 Å². The number of fused-ring (bicyclic) bond motifs is 1. The van der Waals surface area contributed by atoms with Crippen LogP contribution >= 0.6 is 0 Å². The average molecular weight is 338 g/mol. The molecular weight excluding hydrogens is 320 g/mol. The second-order valence-electron chi connectivity index (χ2n) is 6.05. The van der Waals surface area contributed by atoms with Gasteiger partial charge in [-0.05, 0) is 25.0 Å². The largest absolute Gasteiger partial charge is 0.494 e. The molecule has 0 saturated carbocycles. The van der Waals surface area contributed by atoms with Gasteiger partial charge in [0.1, 0.15) is 5.75 Å².